The highest BCUT2D eigenvalue weighted by Gasteiger charge is 2.16. The van der Waals surface area contributed by atoms with Gasteiger partial charge in [0.1, 0.15) is 0 Å². The lowest BCUT2D eigenvalue weighted by Crippen LogP contribution is -2.16. The number of carbonyl (C=O) groups is 1. The monoisotopic (exact) mass is 129 g/mol. The SMILES string of the molecule is C=CC(=O)C(C)(C)C.N. The van der Waals surface area contributed by atoms with Gasteiger partial charge in [0.05, 0.1) is 0 Å². The van der Waals surface area contributed by atoms with E-state index >= 15 is 0 Å². The molecule has 0 amide bonds. The van der Waals surface area contributed by atoms with Crippen LogP contribution in [0.15, 0.2) is 12.7 Å². The largest absolute Gasteiger partial charge is 0.344 e. The third-order valence-electron chi connectivity index (χ3n) is 0.925. The van der Waals surface area contributed by atoms with E-state index in [1.165, 1.54) is 6.08 Å². The predicted molar refractivity (Wildman–Crippen MR) is 39.7 cm³/mol. The summed E-state index contributed by atoms with van der Waals surface area (Å²) in [6, 6.07) is 0. The van der Waals surface area contributed by atoms with Crippen LogP contribution in [0, 0.1) is 5.41 Å². The zero-order valence-electron chi connectivity index (χ0n) is 6.40. The molecule has 0 radical (unpaired) electrons. The van der Waals surface area contributed by atoms with Crippen LogP contribution in [0.2, 0.25) is 0 Å². The minimum atomic E-state index is -0.248. The molecule has 0 aromatic heterocycles. The molecule has 9 heavy (non-hydrogen) atoms. The molecule has 0 aromatic rings. The van der Waals surface area contributed by atoms with E-state index in [1.54, 1.807) is 0 Å². The van der Waals surface area contributed by atoms with Crippen molar-refractivity contribution in [1.82, 2.24) is 6.15 Å². The Morgan fingerprint density at radius 1 is 1.44 bits per heavy atom. The van der Waals surface area contributed by atoms with Gasteiger partial charge in [-0.15, -0.1) is 0 Å². The van der Waals surface area contributed by atoms with Crippen molar-refractivity contribution in [2.24, 2.45) is 5.41 Å². The molecule has 0 aliphatic heterocycles. The third kappa shape index (κ3) is 3.91. The molecular weight excluding hydrogens is 114 g/mol. The van der Waals surface area contributed by atoms with Gasteiger partial charge in [-0.1, -0.05) is 27.4 Å². The summed E-state index contributed by atoms with van der Waals surface area (Å²) in [4.78, 5) is 10.7. The predicted octanol–water partition coefficient (Wildman–Crippen LogP) is 1.95. The van der Waals surface area contributed by atoms with E-state index in [1.807, 2.05) is 20.8 Å². The molecule has 54 valence electrons. The fourth-order valence-electron chi connectivity index (χ4n) is 0.306. The zero-order valence-corrected chi connectivity index (χ0v) is 6.40. The highest BCUT2D eigenvalue weighted by molar-refractivity contribution is 5.93. The van der Waals surface area contributed by atoms with Crippen LogP contribution in [0.25, 0.3) is 0 Å². The number of hydrogen-bond acceptors (Lipinski definition) is 2. The molecule has 0 saturated heterocycles. The molecule has 0 unspecified atom stereocenters. The van der Waals surface area contributed by atoms with E-state index < -0.39 is 0 Å². The first-order chi connectivity index (χ1) is 3.48. The van der Waals surface area contributed by atoms with Crippen molar-refractivity contribution in [2.45, 2.75) is 20.8 Å². The van der Waals surface area contributed by atoms with E-state index in [0.29, 0.717) is 0 Å². The quantitative estimate of drug-likeness (QED) is 0.550. The molecule has 0 fully saturated rings. The van der Waals surface area contributed by atoms with Crippen LogP contribution >= 0.6 is 0 Å². The van der Waals surface area contributed by atoms with Gasteiger partial charge in [0, 0.05) is 5.41 Å². The van der Waals surface area contributed by atoms with Crippen LogP contribution in [-0.2, 0) is 4.79 Å². The van der Waals surface area contributed by atoms with Crippen molar-refractivity contribution in [2.75, 3.05) is 0 Å². The lowest BCUT2D eigenvalue weighted by Gasteiger charge is -2.11. The number of allylic oxidation sites excluding steroid dienone is 1. The van der Waals surface area contributed by atoms with E-state index in [9.17, 15) is 4.79 Å². The highest BCUT2D eigenvalue weighted by atomic mass is 16.1. The Balaban J connectivity index is 0. The van der Waals surface area contributed by atoms with Gasteiger partial charge in [-0.2, -0.15) is 0 Å². The number of rotatable bonds is 1. The maximum Gasteiger partial charge on any atom is 0.160 e. The molecule has 0 spiro atoms. The first kappa shape index (κ1) is 11.2. The topological polar surface area (TPSA) is 52.1 Å². The molecule has 0 rings (SSSR count). The number of hydrogen-bond donors (Lipinski definition) is 1. The lowest BCUT2D eigenvalue weighted by molar-refractivity contribution is -0.121. The van der Waals surface area contributed by atoms with Crippen molar-refractivity contribution < 1.29 is 4.79 Å². The Morgan fingerprint density at radius 2 is 1.78 bits per heavy atom. The first-order valence-corrected chi connectivity index (χ1v) is 2.65. The third-order valence-corrected chi connectivity index (χ3v) is 0.925. The number of ketones is 1. The fraction of sp³-hybridized carbons (Fsp3) is 0.571. The summed E-state index contributed by atoms with van der Waals surface area (Å²) in [5, 5.41) is 0. The summed E-state index contributed by atoms with van der Waals surface area (Å²) in [6.45, 7) is 8.99. The van der Waals surface area contributed by atoms with Crippen LogP contribution in [0.4, 0.5) is 0 Å². The molecule has 3 N–H and O–H groups in total. The second kappa shape index (κ2) is 3.41. The van der Waals surface area contributed by atoms with Crippen molar-refractivity contribution in [1.29, 1.82) is 0 Å². The van der Waals surface area contributed by atoms with Gasteiger partial charge < -0.3 is 6.15 Å². The Hall–Kier alpha value is -0.630. The van der Waals surface area contributed by atoms with Gasteiger partial charge in [0.15, 0.2) is 5.78 Å². The summed E-state index contributed by atoms with van der Waals surface area (Å²) in [5.41, 5.74) is -0.248. The molecule has 0 heterocycles. The van der Waals surface area contributed by atoms with E-state index in [4.69, 9.17) is 0 Å². The van der Waals surface area contributed by atoms with Gasteiger partial charge >= 0.3 is 0 Å². The standard InChI is InChI=1S/C7H12O.H3N/c1-5-6(8)7(2,3)4;/h5H,1H2,2-4H3;1H3. The van der Waals surface area contributed by atoms with Gasteiger partial charge in [0.25, 0.3) is 0 Å². The second-order valence-corrected chi connectivity index (χ2v) is 2.82. The molecule has 2 nitrogen and oxygen atoms in total. The fourth-order valence-corrected chi connectivity index (χ4v) is 0.306. The van der Waals surface area contributed by atoms with Gasteiger partial charge in [-0.3, -0.25) is 4.79 Å². The van der Waals surface area contributed by atoms with Crippen LogP contribution in [0.1, 0.15) is 20.8 Å². The van der Waals surface area contributed by atoms with Crippen LogP contribution in [0.5, 0.6) is 0 Å². The first-order valence-electron chi connectivity index (χ1n) is 2.65. The minimum absolute atomic E-state index is 0. The Bertz CT molecular complexity index is 111. The zero-order chi connectivity index (χ0) is 6.78. The van der Waals surface area contributed by atoms with Gasteiger partial charge in [-0.25, -0.2) is 0 Å². The molecule has 2 heteroatoms. The maximum atomic E-state index is 10.7. The molecule has 0 aliphatic carbocycles. The maximum absolute atomic E-state index is 10.7. The van der Waals surface area contributed by atoms with Crippen molar-refractivity contribution in [3.63, 3.8) is 0 Å². The molecule has 0 saturated carbocycles. The summed E-state index contributed by atoms with van der Waals surface area (Å²) in [5.74, 6) is 0.0949. The Kier molecular flexibility index (Phi) is 4.24. The van der Waals surface area contributed by atoms with Crippen LogP contribution in [-0.4, -0.2) is 5.78 Å². The van der Waals surface area contributed by atoms with E-state index in [0.717, 1.165) is 0 Å². The van der Waals surface area contributed by atoms with Crippen LogP contribution in [0.3, 0.4) is 0 Å². The Morgan fingerprint density at radius 3 is 1.78 bits per heavy atom. The molecule has 0 aliphatic rings. The average Bonchev–Trinajstić information content (AvgIpc) is 1.62. The highest BCUT2D eigenvalue weighted by Crippen LogP contribution is 2.13. The summed E-state index contributed by atoms with van der Waals surface area (Å²) in [7, 11) is 0. The number of carbonyl (C=O) groups excluding carboxylic acids is 1. The van der Waals surface area contributed by atoms with Crippen molar-refractivity contribution in [3.8, 4) is 0 Å². The van der Waals surface area contributed by atoms with Crippen molar-refractivity contribution >= 4 is 5.78 Å². The minimum Gasteiger partial charge on any atom is -0.344 e. The Labute approximate surface area is 56.5 Å². The average molecular weight is 129 g/mol. The molecular formula is C7H15NO. The molecule has 0 aromatic carbocycles. The summed E-state index contributed by atoms with van der Waals surface area (Å²) in [6.07, 6.45) is 1.36. The van der Waals surface area contributed by atoms with Crippen LogP contribution < -0.4 is 6.15 Å². The summed E-state index contributed by atoms with van der Waals surface area (Å²) >= 11 is 0. The smallest absolute Gasteiger partial charge is 0.160 e. The summed E-state index contributed by atoms with van der Waals surface area (Å²) < 4.78 is 0. The van der Waals surface area contributed by atoms with E-state index in [2.05, 4.69) is 6.58 Å². The van der Waals surface area contributed by atoms with E-state index in [-0.39, 0.29) is 17.3 Å². The normalized spacial score (nSPS) is 9.67. The lowest BCUT2D eigenvalue weighted by atomic mass is 9.91. The molecule has 0 atom stereocenters. The molecule has 0 bridgehead atoms. The van der Waals surface area contributed by atoms with Crippen molar-refractivity contribution in [3.05, 3.63) is 12.7 Å². The van der Waals surface area contributed by atoms with Gasteiger partial charge in [-0.05, 0) is 6.08 Å². The second-order valence-electron chi connectivity index (χ2n) is 2.82. The van der Waals surface area contributed by atoms with Gasteiger partial charge in [0.2, 0.25) is 0 Å².